The van der Waals surface area contributed by atoms with E-state index in [-0.39, 0.29) is 45.1 Å². The van der Waals surface area contributed by atoms with Crippen molar-refractivity contribution in [2.24, 2.45) is 0 Å². The molecule has 5 heterocycles. The Morgan fingerprint density at radius 3 is 2.51 bits per heavy atom. The van der Waals surface area contributed by atoms with Gasteiger partial charge in [0.05, 0.1) is 44.0 Å². The number of alkyl halides is 2. The highest BCUT2D eigenvalue weighted by Crippen LogP contribution is 2.32. The highest BCUT2D eigenvalue weighted by atomic mass is 19.3. The summed E-state index contributed by atoms with van der Waals surface area (Å²) in [4.78, 5) is 31.5. The van der Waals surface area contributed by atoms with Gasteiger partial charge in [0.15, 0.2) is 0 Å². The number of ether oxygens (including phenoxy) is 1. The number of fused-ring (bicyclic) bond motifs is 1. The third-order valence-electron chi connectivity index (χ3n) is 8.45. The maximum absolute atomic E-state index is 13.6. The molecule has 0 radical (unpaired) electrons. The third kappa shape index (κ3) is 6.07. The van der Waals surface area contributed by atoms with Gasteiger partial charge in [0.1, 0.15) is 11.9 Å². The quantitative estimate of drug-likeness (QED) is 0.409. The van der Waals surface area contributed by atoms with Crippen molar-refractivity contribution in [3.05, 3.63) is 60.3 Å². The second-order valence-electron chi connectivity index (χ2n) is 11.2. The zero-order chi connectivity index (χ0) is 30.1. The van der Waals surface area contributed by atoms with E-state index in [1.807, 2.05) is 22.9 Å². The molecule has 230 valence electrons. The van der Waals surface area contributed by atoms with Crippen molar-refractivity contribution in [3.63, 3.8) is 0 Å². The molecule has 14 heteroatoms. The van der Waals surface area contributed by atoms with Crippen LogP contribution in [0.2, 0.25) is 0 Å². The molecule has 43 heavy (non-hydrogen) atoms. The van der Waals surface area contributed by atoms with Crippen LogP contribution in [0.1, 0.15) is 35.7 Å². The molecule has 3 aliphatic rings. The molecule has 0 aliphatic carbocycles. The largest absolute Gasteiger partial charge is 0.388 e. The molecule has 2 aromatic heterocycles. The van der Waals surface area contributed by atoms with Gasteiger partial charge in [0, 0.05) is 56.0 Å². The number of carbonyl (C=O) groups is 2. The molecule has 1 unspecified atom stereocenters. The van der Waals surface area contributed by atoms with Crippen LogP contribution in [-0.4, -0.2) is 106 Å². The third-order valence-corrected chi connectivity index (χ3v) is 8.45. The molecular weight excluding hydrogens is 567 g/mol. The van der Waals surface area contributed by atoms with Gasteiger partial charge in [-0.3, -0.25) is 14.3 Å². The fourth-order valence-corrected chi connectivity index (χ4v) is 5.99. The molecule has 2 N–H and O–H groups in total. The summed E-state index contributed by atoms with van der Waals surface area (Å²) < 4.78 is 48.6. The highest BCUT2D eigenvalue weighted by Gasteiger charge is 2.39. The molecule has 2 fully saturated rings. The molecule has 0 bridgehead atoms. The maximum atomic E-state index is 13.6. The van der Waals surface area contributed by atoms with E-state index in [1.165, 1.54) is 4.90 Å². The summed E-state index contributed by atoms with van der Waals surface area (Å²) in [5.74, 6) is -0.958. The molecule has 1 aromatic carbocycles. The average Bonchev–Trinajstić information content (AvgIpc) is 3.64. The van der Waals surface area contributed by atoms with Crippen LogP contribution in [-0.2, 0) is 9.53 Å². The molecule has 11 nitrogen and oxygen atoms in total. The van der Waals surface area contributed by atoms with Gasteiger partial charge in [-0.2, -0.15) is 4.39 Å². The Bertz CT molecular complexity index is 1460. The van der Waals surface area contributed by atoms with Gasteiger partial charge in [-0.05, 0) is 37.1 Å². The number of hydrogen-bond acceptors (Lipinski definition) is 7. The van der Waals surface area contributed by atoms with E-state index in [4.69, 9.17) is 4.74 Å². The number of likely N-dealkylation sites (tertiary alicyclic amines) is 1. The van der Waals surface area contributed by atoms with E-state index in [1.54, 1.807) is 11.0 Å². The van der Waals surface area contributed by atoms with Gasteiger partial charge in [-0.25, -0.2) is 8.78 Å². The molecule has 6 rings (SSSR count). The summed E-state index contributed by atoms with van der Waals surface area (Å²) in [6.45, 7) is 3.55. The number of rotatable bonds is 8. The van der Waals surface area contributed by atoms with E-state index in [9.17, 15) is 27.9 Å². The lowest BCUT2D eigenvalue weighted by atomic mass is 9.90. The van der Waals surface area contributed by atoms with Crippen LogP contribution in [0.25, 0.3) is 5.69 Å². The monoisotopic (exact) mass is 601 g/mol. The van der Waals surface area contributed by atoms with E-state index in [2.05, 4.69) is 27.4 Å². The Labute approximate surface area is 246 Å². The minimum absolute atomic E-state index is 0.0597. The van der Waals surface area contributed by atoms with Crippen LogP contribution in [0.4, 0.5) is 24.7 Å². The molecule has 1 atom stereocenters. The summed E-state index contributed by atoms with van der Waals surface area (Å²) in [6.07, 6.45) is -0.154. The summed E-state index contributed by atoms with van der Waals surface area (Å²) in [6, 6.07) is 9.24. The zero-order valence-corrected chi connectivity index (χ0v) is 23.5. The van der Waals surface area contributed by atoms with Crippen LogP contribution in [0.3, 0.4) is 0 Å². The first-order valence-electron chi connectivity index (χ1n) is 14.4. The number of hydrogen-bond donors (Lipinski definition) is 2. The number of nitrogens with one attached hydrogen (secondary N) is 1. The number of piperidine rings is 1. The van der Waals surface area contributed by atoms with E-state index in [0.717, 1.165) is 41.4 Å². The number of morpholine rings is 1. The van der Waals surface area contributed by atoms with Crippen LogP contribution >= 0.6 is 0 Å². The number of β-amino-alcohol motifs (C(OH)–C–C–N with tert-alkyl or cyclic N) is 1. The van der Waals surface area contributed by atoms with Crippen molar-refractivity contribution in [2.75, 3.05) is 62.8 Å². The Morgan fingerprint density at radius 2 is 1.81 bits per heavy atom. The lowest BCUT2D eigenvalue weighted by Crippen LogP contribution is -2.55. The van der Waals surface area contributed by atoms with Crippen LogP contribution in [0, 0.1) is 5.95 Å². The molecule has 2 amide bonds. The van der Waals surface area contributed by atoms with Crippen LogP contribution < -0.4 is 10.2 Å². The Morgan fingerprint density at radius 1 is 1.07 bits per heavy atom. The molecule has 0 saturated carbocycles. The number of anilines is 2. The lowest BCUT2D eigenvalue weighted by Gasteiger charge is -2.42. The van der Waals surface area contributed by atoms with Gasteiger partial charge in [-0.15, -0.1) is 5.10 Å². The molecule has 3 aromatic rings. The van der Waals surface area contributed by atoms with Gasteiger partial charge >= 0.3 is 0 Å². The minimum Gasteiger partial charge on any atom is -0.388 e. The number of aliphatic hydroxyl groups is 1. The van der Waals surface area contributed by atoms with Gasteiger partial charge in [0.2, 0.25) is 11.9 Å². The second-order valence-corrected chi connectivity index (χ2v) is 11.2. The summed E-state index contributed by atoms with van der Waals surface area (Å²) in [5.41, 5.74) is 1.25. The predicted octanol–water partition coefficient (Wildman–Crippen LogP) is 2.72. The molecule has 3 aliphatic heterocycles. The Kier molecular flexibility index (Phi) is 8.05. The van der Waals surface area contributed by atoms with Crippen molar-refractivity contribution in [3.8, 4) is 5.69 Å². The molecule has 2 saturated heterocycles. The number of aromatic nitrogens is 3. The Balaban J connectivity index is 1.07. The van der Waals surface area contributed by atoms with Gasteiger partial charge in [0.25, 0.3) is 12.3 Å². The number of nitrogens with zero attached hydrogens (tertiary/aromatic N) is 6. The minimum atomic E-state index is -2.91. The zero-order valence-electron chi connectivity index (χ0n) is 23.5. The predicted molar refractivity (Wildman–Crippen MR) is 151 cm³/mol. The van der Waals surface area contributed by atoms with Crippen molar-refractivity contribution in [1.29, 1.82) is 0 Å². The summed E-state index contributed by atoms with van der Waals surface area (Å²) >= 11 is 0. The fourth-order valence-electron chi connectivity index (χ4n) is 5.99. The van der Waals surface area contributed by atoms with Crippen molar-refractivity contribution in [2.45, 2.75) is 37.3 Å². The van der Waals surface area contributed by atoms with Gasteiger partial charge < -0.3 is 34.4 Å². The Hall–Kier alpha value is -4.04. The fraction of sp³-hybridized carbons (Fsp3) is 0.483. The first-order valence-corrected chi connectivity index (χ1v) is 14.4. The van der Waals surface area contributed by atoms with Crippen molar-refractivity contribution in [1.82, 2.24) is 24.1 Å². The van der Waals surface area contributed by atoms with E-state index in [0.29, 0.717) is 24.6 Å². The SMILES string of the molecule is O=C(CC(C(F)F)n1ccc(F)n1)N1CCC(O)(CN2CNc3c(ccn3-c3cccc(N4CCOCC4)c3)C2=O)CC1. The number of halogens is 3. The second kappa shape index (κ2) is 11.9. The molecule has 0 spiro atoms. The van der Waals surface area contributed by atoms with Crippen molar-refractivity contribution >= 4 is 23.3 Å². The first kappa shape index (κ1) is 29.1. The van der Waals surface area contributed by atoms with Gasteiger partial charge in [-0.1, -0.05) is 6.07 Å². The average molecular weight is 602 g/mol. The topological polar surface area (TPSA) is 108 Å². The smallest absolute Gasteiger partial charge is 0.261 e. The summed E-state index contributed by atoms with van der Waals surface area (Å²) in [7, 11) is 0. The van der Waals surface area contributed by atoms with E-state index >= 15 is 0 Å². The van der Waals surface area contributed by atoms with E-state index < -0.39 is 36.3 Å². The standard InChI is InChI=1S/C29H34F3N7O4/c30-24-5-9-39(34-24)23(26(31)32)17-25(40)36-10-6-29(42,7-11-36)18-37-19-33-27-22(28(37)41)4-8-38(27)21-3-1-2-20(16-21)35-12-14-43-15-13-35/h1-5,8-9,16,23,26,33,42H,6-7,10-15,17-19H2. The van der Waals surface area contributed by atoms with Crippen LogP contribution in [0.15, 0.2) is 48.8 Å². The highest BCUT2D eigenvalue weighted by molar-refractivity contribution is 6.01. The number of carbonyl (C=O) groups excluding carboxylic acids is 2. The van der Waals surface area contributed by atoms with Crippen molar-refractivity contribution < 1.29 is 32.6 Å². The maximum Gasteiger partial charge on any atom is 0.261 e. The van der Waals surface area contributed by atoms with Crippen LogP contribution in [0.5, 0.6) is 0 Å². The number of amides is 2. The lowest BCUT2D eigenvalue weighted by molar-refractivity contribution is -0.138. The molecular formula is C29H34F3N7O4. The first-order chi connectivity index (χ1) is 20.7. The number of benzene rings is 1. The summed E-state index contributed by atoms with van der Waals surface area (Å²) in [5, 5.41) is 18.0. The normalized spacial score (nSPS) is 19.4.